The summed E-state index contributed by atoms with van der Waals surface area (Å²) in [5.74, 6) is 4.44. The van der Waals surface area contributed by atoms with Crippen LogP contribution in [0.3, 0.4) is 0 Å². The van der Waals surface area contributed by atoms with E-state index in [-0.39, 0.29) is 31.0 Å². The second-order valence-electron chi connectivity index (χ2n) is 9.15. The first-order valence-electron chi connectivity index (χ1n) is 11.1. The molecule has 0 unspecified atom stereocenters. The molecule has 2 rings (SSSR count). The van der Waals surface area contributed by atoms with Gasteiger partial charge in [0.05, 0.1) is 12.6 Å². The van der Waals surface area contributed by atoms with Gasteiger partial charge in [0, 0.05) is 27.9 Å². The highest BCUT2D eigenvalue weighted by Gasteiger charge is 2.25. The fourth-order valence-electron chi connectivity index (χ4n) is 2.84. The number of rotatable bonds is 7. The molecule has 2 aromatic rings. The summed E-state index contributed by atoms with van der Waals surface area (Å²) in [5, 5.41) is 23.6. The predicted molar refractivity (Wildman–Crippen MR) is 139 cm³/mol. The lowest BCUT2D eigenvalue weighted by molar-refractivity contribution is -0.133. The Labute approximate surface area is 212 Å². The molecule has 0 fully saturated rings. The molecule has 0 radical (unpaired) electrons. The van der Waals surface area contributed by atoms with E-state index >= 15 is 0 Å². The predicted octanol–water partition coefficient (Wildman–Crippen LogP) is 2.38. The van der Waals surface area contributed by atoms with Gasteiger partial charge in [-0.05, 0) is 83.3 Å². The maximum Gasteiger partial charge on any atom is 0.268 e. The standard InChI is InChI=1S/C26H32N4O5.CH4/c1-17(31)23(25(34)29-35)28-24(33)20-12-8-18(9-13-20)6-7-19-10-14-21(15-11-19)27-22(32)16-30(5)26(2,3)4;/h8-15,17,23,31,35H,16H2,1-5H3,(H,27,32)(H,28,33)(H,29,34);1H4/t17-,23+;/m1./s1. The molecule has 0 saturated carbocycles. The van der Waals surface area contributed by atoms with Crippen LogP contribution in [0, 0.1) is 11.8 Å². The Kier molecular flexibility index (Phi) is 11.3. The van der Waals surface area contributed by atoms with Crippen LogP contribution >= 0.6 is 0 Å². The van der Waals surface area contributed by atoms with Crippen molar-refractivity contribution in [3.8, 4) is 11.8 Å². The Bertz CT molecular complexity index is 1090. The van der Waals surface area contributed by atoms with Gasteiger partial charge in [-0.1, -0.05) is 19.3 Å². The summed E-state index contributed by atoms with van der Waals surface area (Å²) in [5.41, 5.74) is 3.69. The zero-order chi connectivity index (χ0) is 26.2. The van der Waals surface area contributed by atoms with Crippen LogP contribution in [0.1, 0.15) is 56.6 Å². The van der Waals surface area contributed by atoms with Crippen molar-refractivity contribution >= 4 is 23.4 Å². The molecule has 0 aliphatic rings. The quantitative estimate of drug-likeness (QED) is 0.227. The fraction of sp³-hybridized carbons (Fsp3) is 0.370. The van der Waals surface area contributed by atoms with Crippen LogP contribution in [0.4, 0.5) is 5.69 Å². The number of likely N-dealkylation sites (N-methyl/N-ethyl adjacent to an activating group) is 1. The molecule has 9 nitrogen and oxygen atoms in total. The second kappa shape index (κ2) is 13.4. The Hall–Kier alpha value is -3.71. The molecule has 194 valence electrons. The first-order chi connectivity index (χ1) is 16.4. The van der Waals surface area contributed by atoms with Crippen molar-refractivity contribution in [2.24, 2.45) is 0 Å². The van der Waals surface area contributed by atoms with Crippen molar-refractivity contribution in [1.29, 1.82) is 0 Å². The molecule has 5 N–H and O–H groups in total. The van der Waals surface area contributed by atoms with Gasteiger partial charge < -0.3 is 15.7 Å². The number of hydrogen-bond donors (Lipinski definition) is 5. The van der Waals surface area contributed by atoms with E-state index in [0.717, 1.165) is 5.56 Å². The summed E-state index contributed by atoms with van der Waals surface area (Å²) < 4.78 is 0. The third-order valence-electron chi connectivity index (χ3n) is 5.35. The molecule has 36 heavy (non-hydrogen) atoms. The monoisotopic (exact) mass is 496 g/mol. The Morgan fingerprint density at radius 3 is 1.92 bits per heavy atom. The van der Waals surface area contributed by atoms with E-state index in [9.17, 15) is 19.5 Å². The van der Waals surface area contributed by atoms with E-state index in [2.05, 4.69) is 22.5 Å². The fourth-order valence-corrected chi connectivity index (χ4v) is 2.84. The lowest BCUT2D eigenvalue weighted by Gasteiger charge is -2.31. The number of hydrogen-bond acceptors (Lipinski definition) is 6. The highest BCUT2D eigenvalue weighted by atomic mass is 16.5. The van der Waals surface area contributed by atoms with Crippen LogP contribution in [0.5, 0.6) is 0 Å². The Morgan fingerprint density at radius 1 is 0.972 bits per heavy atom. The van der Waals surface area contributed by atoms with Gasteiger partial charge in [0.2, 0.25) is 5.91 Å². The topological polar surface area (TPSA) is 131 Å². The third-order valence-corrected chi connectivity index (χ3v) is 5.35. The highest BCUT2D eigenvalue weighted by Crippen LogP contribution is 2.12. The van der Waals surface area contributed by atoms with Gasteiger partial charge in [-0.25, -0.2) is 5.48 Å². The molecule has 0 heterocycles. The molecular weight excluding hydrogens is 460 g/mol. The van der Waals surface area contributed by atoms with Gasteiger partial charge in [-0.3, -0.25) is 24.5 Å². The number of aliphatic hydroxyl groups is 1. The van der Waals surface area contributed by atoms with Gasteiger partial charge in [0.1, 0.15) is 6.04 Å². The summed E-state index contributed by atoms with van der Waals surface area (Å²) in [6.07, 6.45) is -1.19. The van der Waals surface area contributed by atoms with Crippen molar-refractivity contribution in [2.75, 3.05) is 18.9 Å². The summed E-state index contributed by atoms with van der Waals surface area (Å²) in [6, 6.07) is 12.3. The van der Waals surface area contributed by atoms with E-state index < -0.39 is 24.0 Å². The molecule has 0 saturated heterocycles. The zero-order valence-corrected chi connectivity index (χ0v) is 20.5. The summed E-state index contributed by atoms with van der Waals surface area (Å²) >= 11 is 0. The molecule has 0 spiro atoms. The Balaban J connectivity index is 0.00000648. The number of amides is 3. The van der Waals surface area contributed by atoms with Crippen LogP contribution in [0.25, 0.3) is 0 Å². The number of anilines is 1. The molecule has 0 aliphatic carbocycles. The van der Waals surface area contributed by atoms with Crippen molar-refractivity contribution in [1.82, 2.24) is 15.7 Å². The van der Waals surface area contributed by atoms with E-state index in [1.807, 2.05) is 32.7 Å². The zero-order valence-electron chi connectivity index (χ0n) is 20.5. The van der Waals surface area contributed by atoms with Gasteiger partial charge in [0.15, 0.2) is 0 Å². The maximum absolute atomic E-state index is 12.3. The smallest absolute Gasteiger partial charge is 0.268 e. The van der Waals surface area contributed by atoms with Crippen LogP contribution in [-0.2, 0) is 9.59 Å². The van der Waals surface area contributed by atoms with Gasteiger partial charge in [0.25, 0.3) is 11.8 Å². The number of carbonyl (C=O) groups excluding carboxylic acids is 3. The van der Waals surface area contributed by atoms with Crippen molar-refractivity contribution in [3.63, 3.8) is 0 Å². The van der Waals surface area contributed by atoms with Crippen LogP contribution in [0.15, 0.2) is 48.5 Å². The number of hydroxylamine groups is 1. The first-order valence-corrected chi connectivity index (χ1v) is 11.1. The van der Waals surface area contributed by atoms with Crippen molar-refractivity contribution in [2.45, 2.75) is 52.8 Å². The lowest BCUT2D eigenvalue weighted by Crippen LogP contribution is -2.51. The molecule has 3 amide bonds. The summed E-state index contributed by atoms with van der Waals surface area (Å²) in [7, 11) is 1.90. The minimum absolute atomic E-state index is 0. The summed E-state index contributed by atoms with van der Waals surface area (Å²) in [4.78, 5) is 38.1. The maximum atomic E-state index is 12.3. The molecule has 0 bridgehead atoms. The van der Waals surface area contributed by atoms with E-state index in [1.165, 1.54) is 12.4 Å². The molecular formula is C27H36N4O5. The molecule has 9 heteroatoms. The number of carbonyl (C=O) groups is 3. The van der Waals surface area contributed by atoms with Crippen LogP contribution in [0.2, 0.25) is 0 Å². The second-order valence-corrected chi connectivity index (χ2v) is 9.15. The Morgan fingerprint density at radius 2 is 1.47 bits per heavy atom. The number of nitrogens with zero attached hydrogens (tertiary/aromatic N) is 1. The van der Waals surface area contributed by atoms with Crippen molar-refractivity contribution in [3.05, 3.63) is 65.2 Å². The van der Waals surface area contributed by atoms with Gasteiger partial charge in [-0.15, -0.1) is 0 Å². The normalized spacial score (nSPS) is 12.3. The first kappa shape index (κ1) is 30.3. The van der Waals surface area contributed by atoms with E-state index in [0.29, 0.717) is 11.3 Å². The van der Waals surface area contributed by atoms with Crippen LogP contribution in [-0.4, -0.2) is 64.2 Å². The average Bonchev–Trinajstić information content (AvgIpc) is 2.80. The summed E-state index contributed by atoms with van der Waals surface area (Å²) in [6.45, 7) is 7.74. The van der Waals surface area contributed by atoms with Crippen LogP contribution < -0.4 is 16.1 Å². The lowest BCUT2D eigenvalue weighted by atomic mass is 10.1. The minimum Gasteiger partial charge on any atom is -0.391 e. The average molecular weight is 497 g/mol. The molecule has 0 aromatic heterocycles. The highest BCUT2D eigenvalue weighted by molar-refractivity contribution is 5.97. The minimum atomic E-state index is -1.29. The largest absolute Gasteiger partial charge is 0.391 e. The van der Waals surface area contributed by atoms with Crippen molar-refractivity contribution < 1.29 is 24.7 Å². The third kappa shape index (κ3) is 9.15. The number of nitrogens with one attached hydrogen (secondary N) is 3. The molecule has 2 aromatic carbocycles. The van der Waals surface area contributed by atoms with Gasteiger partial charge in [-0.2, -0.15) is 0 Å². The van der Waals surface area contributed by atoms with Gasteiger partial charge >= 0.3 is 0 Å². The van der Waals surface area contributed by atoms with E-state index in [4.69, 9.17) is 5.21 Å². The molecule has 0 aliphatic heterocycles. The number of aliphatic hydroxyl groups excluding tert-OH is 1. The van der Waals surface area contributed by atoms with E-state index in [1.54, 1.807) is 48.5 Å². The molecule has 2 atom stereocenters. The SMILES string of the molecule is C.C[C@@H](O)[C@H](NC(=O)c1ccc(C#Cc2ccc(NC(=O)CN(C)C(C)(C)C)cc2)cc1)C(=O)NO. The number of benzene rings is 2.